The average Bonchev–Trinajstić information content (AvgIpc) is 3.04. The molecule has 3 aromatic rings. The second-order valence-electron chi connectivity index (χ2n) is 6.00. The Bertz CT molecular complexity index is 836. The van der Waals surface area contributed by atoms with Crippen LogP contribution in [0.5, 0.6) is 0 Å². The van der Waals surface area contributed by atoms with E-state index in [0.29, 0.717) is 18.2 Å². The number of nitrogens with zero attached hydrogens (tertiary/aromatic N) is 4. The predicted molar refractivity (Wildman–Crippen MR) is 91.7 cm³/mol. The van der Waals surface area contributed by atoms with Gasteiger partial charge in [-0.25, -0.2) is 4.68 Å². The fourth-order valence-electron chi connectivity index (χ4n) is 2.46. The predicted octanol–water partition coefficient (Wildman–Crippen LogP) is 4.03. The molecule has 0 aliphatic heterocycles. The smallest absolute Gasteiger partial charge is 0.258 e. The topological polar surface area (TPSA) is 73.8 Å². The quantitative estimate of drug-likeness (QED) is 0.525. The minimum atomic E-state index is -0.415. The molecule has 0 aliphatic carbocycles. The molecule has 0 amide bonds. The van der Waals surface area contributed by atoms with Gasteiger partial charge in [0.05, 0.1) is 17.7 Å². The summed E-state index contributed by atoms with van der Waals surface area (Å²) in [6.45, 7) is 4.98. The maximum atomic E-state index is 10.7. The van der Waals surface area contributed by atoms with Gasteiger partial charge in [-0.1, -0.05) is 43.3 Å². The highest BCUT2D eigenvalue weighted by Crippen LogP contribution is 2.20. The van der Waals surface area contributed by atoms with Crippen LogP contribution in [-0.2, 0) is 6.54 Å². The second kappa shape index (κ2) is 6.62. The van der Waals surface area contributed by atoms with Gasteiger partial charge in [-0.15, -0.1) is 5.10 Å². The van der Waals surface area contributed by atoms with Gasteiger partial charge in [0, 0.05) is 17.7 Å². The molecule has 0 aliphatic rings. The zero-order valence-corrected chi connectivity index (χ0v) is 13.6. The van der Waals surface area contributed by atoms with Crippen molar-refractivity contribution in [3.63, 3.8) is 0 Å². The molecule has 6 heteroatoms. The summed E-state index contributed by atoms with van der Waals surface area (Å²) in [7, 11) is 0. The van der Waals surface area contributed by atoms with Crippen LogP contribution >= 0.6 is 0 Å². The molecule has 0 atom stereocenters. The van der Waals surface area contributed by atoms with E-state index in [9.17, 15) is 10.1 Å². The number of hydrogen-bond acceptors (Lipinski definition) is 4. The Balaban J connectivity index is 1.74. The van der Waals surface area contributed by atoms with E-state index in [1.165, 1.54) is 17.7 Å². The molecular formula is C18H18N4O2. The number of non-ortho nitro benzene ring substituents is 1. The Kier molecular flexibility index (Phi) is 4.37. The van der Waals surface area contributed by atoms with Crippen molar-refractivity contribution in [2.24, 2.45) is 0 Å². The maximum absolute atomic E-state index is 10.7. The average molecular weight is 322 g/mol. The Morgan fingerprint density at radius 3 is 2.33 bits per heavy atom. The molecular weight excluding hydrogens is 304 g/mol. The molecule has 1 aromatic heterocycles. The van der Waals surface area contributed by atoms with Crippen molar-refractivity contribution in [3.05, 3.63) is 76.0 Å². The molecule has 0 saturated heterocycles. The van der Waals surface area contributed by atoms with E-state index in [2.05, 4.69) is 48.4 Å². The fourth-order valence-corrected chi connectivity index (χ4v) is 2.46. The molecule has 24 heavy (non-hydrogen) atoms. The molecule has 122 valence electrons. The largest absolute Gasteiger partial charge is 0.269 e. The van der Waals surface area contributed by atoms with Crippen LogP contribution in [0.25, 0.3) is 11.3 Å². The lowest BCUT2D eigenvalue weighted by atomic mass is 10.0. The summed E-state index contributed by atoms with van der Waals surface area (Å²) in [4.78, 5) is 10.3. The fraction of sp³-hybridized carbons (Fsp3) is 0.222. The number of aromatic nitrogens is 3. The van der Waals surface area contributed by atoms with E-state index in [4.69, 9.17) is 0 Å². The van der Waals surface area contributed by atoms with E-state index in [0.717, 1.165) is 11.1 Å². The summed E-state index contributed by atoms with van der Waals surface area (Å²) in [6.07, 6.45) is 1.84. The second-order valence-corrected chi connectivity index (χ2v) is 6.00. The first-order valence-corrected chi connectivity index (χ1v) is 7.77. The van der Waals surface area contributed by atoms with Crippen LogP contribution in [0, 0.1) is 10.1 Å². The van der Waals surface area contributed by atoms with Gasteiger partial charge < -0.3 is 0 Å². The van der Waals surface area contributed by atoms with Gasteiger partial charge >= 0.3 is 0 Å². The molecule has 3 rings (SSSR count). The van der Waals surface area contributed by atoms with E-state index in [1.807, 2.05) is 6.20 Å². The zero-order valence-electron chi connectivity index (χ0n) is 13.6. The van der Waals surface area contributed by atoms with Gasteiger partial charge in [0.15, 0.2) is 0 Å². The Morgan fingerprint density at radius 2 is 1.75 bits per heavy atom. The van der Waals surface area contributed by atoms with Crippen LogP contribution in [0.1, 0.15) is 30.9 Å². The SMILES string of the molecule is CC(C)c1ccc(Cn2cc(-c3ccc([N+](=O)[O-])cc3)nn2)cc1. The summed E-state index contributed by atoms with van der Waals surface area (Å²) < 4.78 is 1.77. The highest BCUT2D eigenvalue weighted by Gasteiger charge is 2.08. The number of rotatable bonds is 5. The van der Waals surface area contributed by atoms with Gasteiger partial charge in [-0.3, -0.25) is 10.1 Å². The lowest BCUT2D eigenvalue weighted by Gasteiger charge is -2.06. The summed E-state index contributed by atoms with van der Waals surface area (Å²) >= 11 is 0. The molecule has 0 spiro atoms. The van der Waals surface area contributed by atoms with Gasteiger partial charge in [0.1, 0.15) is 5.69 Å². The standard InChI is InChI=1S/C18H18N4O2/c1-13(2)15-5-3-14(4-6-15)11-21-12-18(19-20-21)16-7-9-17(10-8-16)22(23)24/h3-10,12-13H,11H2,1-2H3. The van der Waals surface area contributed by atoms with Gasteiger partial charge in [0.2, 0.25) is 0 Å². The summed E-state index contributed by atoms with van der Waals surface area (Å²) in [5.74, 6) is 0.513. The summed E-state index contributed by atoms with van der Waals surface area (Å²) in [5, 5.41) is 19.0. The molecule has 0 bridgehead atoms. The van der Waals surface area contributed by atoms with Crippen LogP contribution in [0.2, 0.25) is 0 Å². The number of benzene rings is 2. The lowest BCUT2D eigenvalue weighted by Crippen LogP contribution is -2.00. The molecule has 0 radical (unpaired) electrons. The first-order chi connectivity index (χ1) is 11.5. The van der Waals surface area contributed by atoms with Gasteiger partial charge in [-0.2, -0.15) is 0 Å². The highest BCUT2D eigenvalue weighted by atomic mass is 16.6. The van der Waals surface area contributed by atoms with Crippen molar-refractivity contribution >= 4 is 5.69 Å². The molecule has 0 saturated carbocycles. The molecule has 0 unspecified atom stereocenters. The van der Waals surface area contributed by atoms with Crippen LogP contribution in [0.4, 0.5) is 5.69 Å². The van der Waals surface area contributed by atoms with Crippen LogP contribution in [0.15, 0.2) is 54.7 Å². The monoisotopic (exact) mass is 322 g/mol. The van der Waals surface area contributed by atoms with Gasteiger partial charge in [-0.05, 0) is 29.2 Å². The molecule has 2 aromatic carbocycles. The van der Waals surface area contributed by atoms with Crippen molar-refractivity contribution in [2.75, 3.05) is 0 Å². The third kappa shape index (κ3) is 3.48. The Morgan fingerprint density at radius 1 is 1.08 bits per heavy atom. The van der Waals surface area contributed by atoms with Crippen molar-refractivity contribution in [1.29, 1.82) is 0 Å². The normalized spacial score (nSPS) is 11.0. The number of nitro benzene ring substituents is 1. The summed E-state index contributed by atoms with van der Waals surface area (Å²) in [5.41, 5.74) is 4.03. The number of nitro groups is 1. The van der Waals surface area contributed by atoms with E-state index in [1.54, 1.807) is 16.8 Å². The van der Waals surface area contributed by atoms with Crippen LogP contribution < -0.4 is 0 Å². The first kappa shape index (κ1) is 15.9. The van der Waals surface area contributed by atoms with E-state index in [-0.39, 0.29) is 5.69 Å². The Hall–Kier alpha value is -3.02. The van der Waals surface area contributed by atoms with Crippen molar-refractivity contribution < 1.29 is 4.92 Å². The maximum Gasteiger partial charge on any atom is 0.269 e. The van der Waals surface area contributed by atoms with E-state index >= 15 is 0 Å². The van der Waals surface area contributed by atoms with Crippen molar-refractivity contribution in [2.45, 2.75) is 26.3 Å². The lowest BCUT2D eigenvalue weighted by molar-refractivity contribution is -0.384. The van der Waals surface area contributed by atoms with E-state index < -0.39 is 4.92 Å². The molecule has 0 N–H and O–H groups in total. The third-order valence-corrected chi connectivity index (χ3v) is 3.90. The first-order valence-electron chi connectivity index (χ1n) is 7.77. The van der Waals surface area contributed by atoms with Crippen molar-refractivity contribution in [1.82, 2.24) is 15.0 Å². The molecule has 1 heterocycles. The Labute approximate surface area is 139 Å². The van der Waals surface area contributed by atoms with Crippen LogP contribution in [0.3, 0.4) is 0 Å². The van der Waals surface area contributed by atoms with Crippen LogP contribution in [-0.4, -0.2) is 19.9 Å². The summed E-state index contributed by atoms with van der Waals surface area (Å²) in [6, 6.07) is 14.8. The molecule has 6 nitrogen and oxygen atoms in total. The molecule has 0 fully saturated rings. The highest BCUT2D eigenvalue weighted by molar-refractivity contribution is 5.59. The van der Waals surface area contributed by atoms with Crippen molar-refractivity contribution in [3.8, 4) is 11.3 Å². The zero-order chi connectivity index (χ0) is 17.1. The number of hydrogen-bond donors (Lipinski definition) is 0. The minimum absolute atomic E-state index is 0.0661. The minimum Gasteiger partial charge on any atom is -0.258 e. The van der Waals surface area contributed by atoms with Gasteiger partial charge in [0.25, 0.3) is 5.69 Å². The third-order valence-electron chi connectivity index (χ3n) is 3.90.